The summed E-state index contributed by atoms with van der Waals surface area (Å²) in [5.41, 5.74) is 1.83. The van der Waals surface area contributed by atoms with Crippen LogP contribution in [0.1, 0.15) is 17.1 Å². The third-order valence-corrected chi connectivity index (χ3v) is 4.30. The minimum absolute atomic E-state index is 0.135. The van der Waals surface area contributed by atoms with Crippen molar-refractivity contribution in [2.45, 2.75) is 19.9 Å². The largest absolute Gasteiger partial charge is 0.495 e. The molecule has 8 heteroatoms. The minimum Gasteiger partial charge on any atom is -0.495 e. The van der Waals surface area contributed by atoms with Crippen LogP contribution in [0.2, 0.25) is 5.02 Å². The molecule has 2 aromatic rings. The predicted molar refractivity (Wildman–Crippen MR) is 95.2 cm³/mol. The maximum atomic E-state index is 12.4. The van der Waals surface area contributed by atoms with Gasteiger partial charge in [-0.05, 0) is 25.1 Å². The number of anilines is 1. The summed E-state index contributed by atoms with van der Waals surface area (Å²) in [6, 6.07) is 5.03. The van der Waals surface area contributed by atoms with Crippen LogP contribution in [-0.2, 0) is 17.8 Å². The van der Waals surface area contributed by atoms with Crippen LogP contribution < -0.4 is 15.6 Å². The van der Waals surface area contributed by atoms with E-state index in [4.69, 9.17) is 16.3 Å². The van der Waals surface area contributed by atoms with Gasteiger partial charge in [-0.25, -0.2) is 4.98 Å². The first-order valence-corrected chi connectivity index (χ1v) is 8.28. The number of hydrogen-bond donors (Lipinski definition) is 2. The average molecular weight is 363 g/mol. The fraction of sp³-hybridized carbons (Fsp3) is 0.353. The molecule has 0 bridgehead atoms. The Bertz CT molecular complexity index is 865. The van der Waals surface area contributed by atoms with E-state index in [1.807, 2.05) is 4.90 Å². The number of methoxy groups -OCH3 is 1. The van der Waals surface area contributed by atoms with Crippen molar-refractivity contribution in [2.75, 3.05) is 25.5 Å². The second-order valence-electron chi connectivity index (χ2n) is 5.93. The summed E-state index contributed by atoms with van der Waals surface area (Å²) in [6.45, 7) is 3.00. The number of carbonyl (C=O) groups is 1. The van der Waals surface area contributed by atoms with E-state index in [0.717, 1.165) is 5.69 Å². The molecule has 3 rings (SSSR count). The number of rotatable bonds is 4. The van der Waals surface area contributed by atoms with Gasteiger partial charge in [-0.15, -0.1) is 0 Å². The Balaban J connectivity index is 1.68. The number of aromatic nitrogens is 2. The monoisotopic (exact) mass is 362 g/mol. The summed E-state index contributed by atoms with van der Waals surface area (Å²) in [7, 11) is 1.53. The molecule has 1 aliphatic rings. The molecule has 1 amide bonds. The molecule has 0 unspecified atom stereocenters. The molecule has 1 aromatic carbocycles. The number of nitrogens with one attached hydrogen (secondary N) is 2. The van der Waals surface area contributed by atoms with Crippen molar-refractivity contribution in [3.63, 3.8) is 0 Å². The summed E-state index contributed by atoms with van der Waals surface area (Å²) in [5.74, 6) is 0.960. The predicted octanol–water partition coefficient (Wildman–Crippen LogP) is 1.74. The van der Waals surface area contributed by atoms with Crippen molar-refractivity contribution in [1.29, 1.82) is 0 Å². The van der Waals surface area contributed by atoms with Gasteiger partial charge >= 0.3 is 0 Å². The third kappa shape index (κ3) is 4.00. The van der Waals surface area contributed by atoms with Crippen LogP contribution >= 0.6 is 11.6 Å². The molecule has 7 nitrogen and oxygen atoms in total. The van der Waals surface area contributed by atoms with E-state index in [0.29, 0.717) is 47.4 Å². The lowest BCUT2D eigenvalue weighted by molar-refractivity contribution is -0.117. The molecule has 0 radical (unpaired) electrons. The molecule has 0 atom stereocenters. The van der Waals surface area contributed by atoms with E-state index in [2.05, 4.69) is 15.3 Å². The molecule has 25 heavy (non-hydrogen) atoms. The number of fused-ring (bicyclic) bond motifs is 1. The van der Waals surface area contributed by atoms with Crippen LogP contribution in [0, 0.1) is 6.92 Å². The molecule has 0 saturated carbocycles. The standard InChI is InChI=1S/C17H19ClN4O3/c1-10-19-13-5-6-22(8-12(13)17(24)20-10)9-16(23)21-14-7-11(18)3-4-15(14)25-2/h3-4,7H,5-6,8-9H2,1-2H3,(H,21,23)(H,19,20,24). The van der Waals surface area contributed by atoms with Gasteiger partial charge in [-0.3, -0.25) is 14.5 Å². The Morgan fingerprint density at radius 3 is 3.04 bits per heavy atom. The Morgan fingerprint density at radius 2 is 2.28 bits per heavy atom. The second kappa shape index (κ2) is 7.25. The molecule has 2 heterocycles. The van der Waals surface area contributed by atoms with Crippen LogP contribution in [-0.4, -0.2) is 41.0 Å². The van der Waals surface area contributed by atoms with Crippen LogP contribution in [0.15, 0.2) is 23.0 Å². The Hall–Kier alpha value is -2.38. The van der Waals surface area contributed by atoms with Crippen molar-refractivity contribution in [1.82, 2.24) is 14.9 Å². The molecule has 132 valence electrons. The Kier molecular flexibility index (Phi) is 5.06. The van der Waals surface area contributed by atoms with Gasteiger partial charge in [0.25, 0.3) is 5.56 Å². The normalized spacial score (nSPS) is 14.0. The Labute approximate surface area is 150 Å². The summed E-state index contributed by atoms with van der Waals surface area (Å²) < 4.78 is 5.22. The van der Waals surface area contributed by atoms with E-state index in [1.54, 1.807) is 25.1 Å². The molecule has 1 aliphatic heterocycles. The fourth-order valence-corrected chi connectivity index (χ4v) is 3.08. The van der Waals surface area contributed by atoms with Crippen LogP contribution in [0.5, 0.6) is 5.75 Å². The number of nitrogens with zero attached hydrogens (tertiary/aromatic N) is 2. The minimum atomic E-state index is -0.194. The van der Waals surface area contributed by atoms with Crippen LogP contribution in [0.25, 0.3) is 0 Å². The molecule has 2 N–H and O–H groups in total. The molecule has 0 fully saturated rings. The zero-order valence-electron chi connectivity index (χ0n) is 14.1. The maximum Gasteiger partial charge on any atom is 0.255 e. The zero-order chi connectivity index (χ0) is 18.0. The number of halogens is 1. The number of ether oxygens (including phenoxy) is 1. The summed E-state index contributed by atoms with van der Waals surface area (Å²) in [6.07, 6.45) is 0.647. The van der Waals surface area contributed by atoms with Crippen molar-refractivity contribution >= 4 is 23.2 Å². The van der Waals surface area contributed by atoms with Crippen molar-refractivity contribution < 1.29 is 9.53 Å². The number of amides is 1. The van der Waals surface area contributed by atoms with Crippen LogP contribution in [0.4, 0.5) is 5.69 Å². The molecular formula is C17H19ClN4O3. The molecule has 0 spiro atoms. The van der Waals surface area contributed by atoms with E-state index < -0.39 is 0 Å². The van der Waals surface area contributed by atoms with Crippen molar-refractivity contribution in [3.05, 3.63) is 50.7 Å². The first kappa shape index (κ1) is 17.4. The Morgan fingerprint density at radius 1 is 1.48 bits per heavy atom. The van der Waals surface area contributed by atoms with Gasteiger partial charge < -0.3 is 15.0 Å². The van der Waals surface area contributed by atoms with Crippen molar-refractivity contribution in [3.8, 4) is 5.75 Å². The van der Waals surface area contributed by atoms with Gasteiger partial charge in [0.2, 0.25) is 5.91 Å². The van der Waals surface area contributed by atoms with E-state index >= 15 is 0 Å². The van der Waals surface area contributed by atoms with Gasteiger partial charge in [0.15, 0.2) is 0 Å². The lowest BCUT2D eigenvalue weighted by atomic mass is 10.1. The summed E-state index contributed by atoms with van der Waals surface area (Å²) in [5, 5.41) is 3.32. The number of aryl methyl sites for hydroxylation is 1. The second-order valence-corrected chi connectivity index (χ2v) is 6.37. The van der Waals surface area contributed by atoms with Crippen LogP contribution in [0.3, 0.4) is 0 Å². The first-order valence-electron chi connectivity index (χ1n) is 7.90. The summed E-state index contributed by atoms with van der Waals surface area (Å²) in [4.78, 5) is 33.4. The lowest BCUT2D eigenvalue weighted by Gasteiger charge is -2.27. The van der Waals surface area contributed by atoms with Gasteiger partial charge in [0.1, 0.15) is 11.6 Å². The highest BCUT2D eigenvalue weighted by molar-refractivity contribution is 6.31. The number of benzene rings is 1. The van der Waals surface area contributed by atoms with Gasteiger partial charge in [-0.1, -0.05) is 11.6 Å². The SMILES string of the molecule is COc1ccc(Cl)cc1NC(=O)CN1CCc2nc(C)[nH]c(=O)c2C1. The topological polar surface area (TPSA) is 87.3 Å². The average Bonchev–Trinajstić information content (AvgIpc) is 2.55. The highest BCUT2D eigenvalue weighted by Gasteiger charge is 2.22. The number of H-pyrrole nitrogens is 1. The number of carbonyl (C=O) groups excluding carboxylic acids is 1. The molecule has 0 saturated heterocycles. The van der Waals surface area contributed by atoms with Gasteiger partial charge in [-0.2, -0.15) is 0 Å². The first-order chi connectivity index (χ1) is 12.0. The van der Waals surface area contributed by atoms with E-state index in [1.165, 1.54) is 7.11 Å². The third-order valence-electron chi connectivity index (χ3n) is 4.07. The summed E-state index contributed by atoms with van der Waals surface area (Å²) >= 11 is 5.97. The highest BCUT2D eigenvalue weighted by atomic mass is 35.5. The fourth-order valence-electron chi connectivity index (χ4n) is 2.91. The molecular weight excluding hydrogens is 344 g/mol. The van der Waals surface area contributed by atoms with Gasteiger partial charge in [0, 0.05) is 24.5 Å². The van der Waals surface area contributed by atoms with Crippen molar-refractivity contribution in [2.24, 2.45) is 0 Å². The highest BCUT2D eigenvalue weighted by Crippen LogP contribution is 2.27. The molecule has 1 aromatic heterocycles. The quantitative estimate of drug-likeness (QED) is 0.865. The molecule has 0 aliphatic carbocycles. The zero-order valence-corrected chi connectivity index (χ0v) is 14.8. The smallest absolute Gasteiger partial charge is 0.255 e. The van der Waals surface area contributed by atoms with E-state index in [-0.39, 0.29) is 18.0 Å². The number of aromatic amines is 1. The lowest BCUT2D eigenvalue weighted by Crippen LogP contribution is -2.40. The maximum absolute atomic E-state index is 12.4. The number of hydrogen-bond acceptors (Lipinski definition) is 5. The van der Waals surface area contributed by atoms with E-state index in [9.17, 15) is 9.59 Å². The van der Waals surface area contributed by atoms with Gasteiger partial charge in [0.05, 0.1) is 30.6 Å².